The number of allylic oxidation sites excluding steroid dienone is 1. The third-order valence-electron chi connectivity index (χ3n) is 4.79. The summed E-state index contributed by atoms with van der Waals surface area (Å²) in [6, 6.07) is 5.60. The van der Waals surface area contributed by atoms with Crippen molar-refractivity contribution in [2.75, 3.05) is 0 Å². The number of hydrogen-bond acceptors (Lipinski definition) is 5. The Morgan fingerprint density at radius 3 is 2.90 bits per heavy atom. The van der Waals surface area contributed by atoms with Gasteiger partial charge in [-0.25, -0.2) is 4.98 Å². The largest absolute Gasteiger partial charge is 0.370 e. The van der Waals surface area contributed by atoms with Gasteiger partial charge in [0.1, 0.15) is 10.3 Å². The summed E-state index contributed by atoms with van der Waals surface area (Å²) in [6.45, 7) is 8.94. The maximum absolute atomic E-state index is 13.2. The van der Waals surface area contributed by atoms with Gasteiger partial charge < -0.3 is 9.30 Å². The standard InChI is InChI=1S/C21H20Cl2N2O2S2/c1-4-7-25-19-17(18(26)13-9-21(2,3)27-10-16(13)29-19)24-20(25)28-11-12-5-6-14(22)15(23)8-12/h4-6,8H,1,7,9-11H2,2-3H3. The van der Waals surface area contributed by atoms with E-state index in [1.54, 1.807) is 29.2 Å². The van der Waals surface area contributed by atoms with E-state index in [9.17, 15) is 4.79 Å². The molecule has 1 aliphatic rings. The zero-order valence-corrected chi connectivity index (χ0v) is 19.3. The molecule has 0 aliphatic carbocycles. The van der Waals surface area contributed by atoms with Crippen molar-refractivity contribution in [3.8, 4) is 0 Å². The average molecular weight is 467 g/mol. The molecule has 4 nitrogen and oxygen atoms in total. The fraction of sp³-hybridized carbons (Fsp3) is 0.333. The van der Waals surface area contributed by atoms with Gasteiger partial charge in [-0.3, -0.25) is 4.79 Å². The Bertz CT molecular complexity index is 1170. The highest BCUT2D eigenvalue weighted by molar-refractivity contribution is 7.98. The molecule has 0 N–H and O–H groups in total. The van der Waals surface area contributed by atoms with E-state index < -0.39 is 0 Å². The normalized spacial score (nSPS) is 15.4. The predicted octanol–water partition coefficient (Wildman–Crippen LogP) is 6.09. The van der Waals surface area contributed by atoms with Crippen molar-refractivity contribution in [3.63, 3.8) is 0 Å². The Labute approximate surface area is 187 Å². The molecule has 0 bridgehead atoms. The maximum atomic E-state index is 13.2. The highest BCUT2D eigenvalue weighted by atomic mass is 35.5. The molecule has 29 heavy (non-hydrogen) atoms. The molecule has 0 saturated heterocycles. The lowest BCUT2D eigenvalue weighted by molar-refractivity contribution is -0.0386. The van der Waals surface area contributed by atoms with Crippen LogP contribution in [0, 0.1) is 0 Å². The molecule has 0 amide bonds. The summed E-state index contributed by atoms with van der Waals surface area (Å²) in [5.74, 6) is 0.673. The zero-order valence-electron chi connectivity index (χ0n) is 16.1. The van der Waals surface area contributed by atoms with Crippen LogP contribution >= 0.6 is 46.3 Å². The summed E-state index contributed by atoms with van der Waals surface area (Å²) >= 11 is 15.3. The molecule has 4 rings (SSSR count). The van der Waals surface area contributed by atoms with Crippen molar-refractivity contribution in [3.05, 3.63) is 67.1 Å². The van der Waals surface area contributed by atoms with Gasteiger partial charge in [-0.1, -0.05) is 47.1 Å². The van der Waals surface area contributed by atoms with E-state index in [0.29, 0.717) is 40.9 Å². The van der Waals surface area contributed by atoms with Gasteiger partial charge in [0, 0.05) is 29.2 Å². The van der Waals surface area contributed by atoms with Crippen LogP contribution in [-0.2, 0) is 30.1 Å². The first-order chi connectivity index (χ1) is 13.8. The Morgan fingerprint density at radius 1 is 1.38 bits per heavy atom. The maximum Gasteiger partial charge on any atom is 0.211 e. The second kappa shape index (κ2) is 8.08. The monoisotopic (exact) mass is 466 g/mol. The van der Waals surface area contributed by atoms with Crippen molar-refractivity contribution < 1.29 is 4.74 Å². The molecular formula is C21H20Cl2N2O2S2. The summed E-state index contributed by atoms with van der Waals surface area (Å²) in [6.07, 6.45) is 2.42. The molecule has 152 valence electrons. The Hall–Kier alpha value is -1.31. The molecule has 0 radical (unpaired) electrons. The van der Waals surface area contributed by atoms with E-state index in [1.807, 2.05) is 32.1 Å². The topological polar surface area (TPSA) is 44.1 Å². The number of ether oxygens (including phenoxy) is 1. The van der Waals surface area contributed by atoms with Crippen LogP contribution in [0.25, 0.3) is 10.3 Å². The highest BCUT2D eigenvalue weighted by Gasteiger charge is 2.30. The summed E-state index contributed by atoms with van der Waals surface area (Å²) in [7, 11) is 0. The lowest BCUT2D eigenvalue weighted by Gasteiger charge is -2.30. The average Bonchev–Trinajstić information content (AvgIpc) is 3.01. The number of hydrogen-bond donors (Lipinski definition) is 0. The predicted molar refractivity (Wildman–Crippen MR) is 123 cm³/mol. The summed E-state index contributed by atoms with van der Waals surface area (Å²) in [5, 5.41) is 1.86. The molecule has 1 aliphatic heterocycles. The van der Waals surface area contributed by atoms with Crippen LogP contribution in [0.2, 0.25) is 10.0 Å². The van der Waals surface area contributed by atoms with E-state index in [0.717, 1.165) is 26.0 Å². The minimum absolute atomic E-state index is 0.0179. The second-order valence-corrected chi connectivity index (χ2v) is 10.4. The van der Waals surface area contributed by atoms with Crippen LogP contribution < -0.4 is 5.43 Å². The van der Waals surface area contributed by atoms with Gasteiger partial charge >= 0.3 is 0 Å². The molecule has 1 aromatic carbocycles. The molecule has 3 aromatic rings. The van der Waals surface area contributed by atoms with Crippen molar-refractivity contribution in [1.29, 1.82) is 0 Å². The van der Waals surface area contributed by atoms with Gasteiger partial charge in [0.25, 0.3) is 0 Å². The van der Waals surface area contributed by atoms with Gasteiger partial charge in [-0.2, -0.15) is 0 Å². The summed E-state index contributed by atoms with van der Waals surface area (Å²) in [5.41, 5.74) is 2.10. The molecule has 0 atom stereocenters. The molecule has 0 fully saturated rings. The summed E-state index contributed by atoms with van der Waals surface area (Å²) < 4.78 is 7.97. The van der Waals surface area contributed by atoms with Crippen LogP contribution in [0.5, 0.6) is 0 Å². The van der Waals surface area contributed by atoms with E-state index in [-0.39, 0.29) is 11.0 Å². The van der Waals surface area contributed by atoms with Crippen molar-refractivity contribution in [2.24, 2.45) is 0 Å². The van der Waals surface area contributed by atoms with Crippen molar-refractivity contribution in [2.45, 2.75) is 49.9 Å². The van der Waals surface area contributed by atoms with Gasteiger partial charge in [0.2, 0.25) is 5.43 Å². The highest BCUT2D eigenvalue weighted by Crippen LogP contribution is 2.34. The lowest BCUT2D eigenvalue weighted by Crippen LogP contribution is -2.34. The molecular weight excluding hydrogens is 447 g/mol. The quantitative estimate of drug-likeness (QED) is 0.336. The number of fused-ring (bicyclic) bond motifs is 2. The number of nitrogens with zero attached hydrogens (tertiary/aromatic N) is 2. The number of imidazole rings is 1. The van der Waals surface area contributed by atoms with E-state index in [4.69, 9.17) is 32.9 Å². The first kappa shape index (κ1) is 20.9. The first-order valence-corrected chi connectivity index (χ1v) is 11.7. The number of thioether (sulfide) groups is 1. The Kier molecular flexibility index (Phi) is 5.84. The van der Waals surface area contributed by atoms with E-state index in [2.05, 4.69) is 11.1 Å². The van der Waals surface area contributed by atoms with Crippen LogP contribution in [0.4, 0.5) is 0 Å². The minimum Gasteiger partial charge on any atom is -0.370 e. The second-order valence-electron chi connectivity index (χ2n) is 7.54. The fourth-order valence-corrected chi connectivity index (χ4v) is 5.81. The molecule has 3 heterocycles. The van der Waals surface area contributed by atoms with Crippen LogP contribution in [0.15, 0.2) is 40.8 Å². The van der Waals surface area contributed by atoms with Gasteiger partial charge in [-0.05, 0) is 31.5 Å². The molecule has 0 unspecified atom stereocenters. The van der Waals surface area contributed by atoms with Gasteiger partial charge in [0.05, 0.1) is 22.3 Å². The Morgan fingerprint density at radius 2 is 2.17 bits per heavy atom. The van der Waals surface area contributed by atoms with Crippen LogP contribution in [0.3, 0.4) is 0 Å². The third-order valence-corrected chi connectivity index (χ3v) is 7.80. The van der Waals surface area contributed by atoms with Crippen molar-refractivity contribution >= 4 is 56.6 Å². The number of aromatic nitrogens is 2. The molecule has 0 spiro atoms. The smallest absolute Gasteiger partial charge is 0.211 e. The number of rotatable bonds is 5. The number of halogens is 2. The Balaban J connectivity index is 1.74. The molecule has 0 saturated carbocycles. The first-order valence-electron chi connectivity index (χ1n) is 9.16. The third kappa shape index (κ3) is 4.14. The van der Waals surface area contributed by atoms with Crippen LogP contribution in [0.1, 0.15) is 29.9 Å². The van der Waals surface area contributed by atoms with Crippen LogP contribution in [-0.4, -0.2) is 15.2 Å². The lowest BCUT2D eigenvalue weighted by atomic mass is 9.96. The van der Waals surface area contributed by atoms with E-state index >= 15 is 0 Å². The van der Waals surface area contributed by atoms with Gasteiger partial charge in [-0.15, -0.1) is 17.9 Å². The zero-order chi connectivity index (χ0) is 20.8. The van der Waals surface area contributed by atoms with E-state index in [1.165, 1.54) is 0 Å². The molecule has 2 aromatic heterocycles. The number of benzene rings is 1. The minimum atomic E-state index is -0.332. The molecule has 8 heteroatoms. The van der Waals surface area contributed by atoms with Crippen molar-refractivity contribution in [1.82, 2.24) is 9.55 Å². The SMILES string of the molecule is C=CCn1c(SCc2ccc(Cl)c(Cl)c2)nc2c(=O)c3c(sc21)COC(C)(C)C3. The van der Waals surface area contributed by atoms with Gasteiger partial charge in [0.15, 0.2) is 5.16 Å². The fourth-order valence-electron chi connectivity index (χ4n) is 3.33. The summed E-state index contributed by atoms with van der Waals surface area (Å²) in [4.78, 5) is 19.8.